The summed E-state index contributed by atoms with van der Waals surface area (Å²) in [6.45, 7) is 2.03. The van der Waals surface area contributed by atoms with Gasteiger partial charge >= 0.3 is 0 Å². The Bertz CT molecular complexity index is 389. The molecule has 0 saturated carbocycles. The number of carbonyl (C=O) groups excluding carboxylic acids is 1. The lowest BCUT2D eigenvalue weighted by Crippen LogP contribution is -1.87. The summed E-state index contributed by atoms with van der Waals surface area (Å²) in [6.07, 6.45) is 5.59. The minimum Gasteiger partial charge on any atom is -0.496 e. The van der Waals surface area contributed by atoms with E-state index < -0.39 is 0 Å². The zero-order chi connectivity index (χ0) is 11.1. The number of hydrogen-bond donors (Lipinski definition) is 0. The van der Waals surface area contributed by atoms with Crippen molar-refractivity contribution in [2.45, 2.75) is 6.92 Å². The van der Waals surface area contributed by atoms with E-state index in [0.717, 1.165) is 17.6 Å². The molecule has 0 unspecified atom stereocenters. The average molecular weight is 202 g/mol. The number of benzene rings is 1. The summed E-state index contributed by atoms with van der Waals surface area (Å²) < 4.78 is 5.23. The monoisotopic (exact) mass is 202 g/mol. The predicted octanol–water partition coefficient (Wildman–Crippen LogP) is 2.74. The van der Waals surface area contributed by atoms with Crippen LogP contribution in [0.5, 0.6) is 0 Å². The molecule has 1 aromatic carbocycles. The third-order valence-electron chi connectivity index (χ3n) is 1.96. The predicted molar refractivity (Wildman–Crippen MR) is 61.4 cm³/mol. The van der Waals surface area contributed by atoms with Crippen LogP contribution in [-0.4, -0.2) is 13.4 Å². The van der Waals surface area contributed by atoms with Crippen LogP contribution in [-0.2, 0) is 9.53 Å². The summed E-state index contributed by atoms with van der Waals surface area (Å²) in [7, 11) is 1.61. The first-order chi connectivity index (χ1) is 7.27. The quantitative estimate of drug-likeness (QED) is 0.325. The molecule has 1 aromatic rings. The average Bonchev–Trinajstić information content (AvgIpc) is 2.24. The first-order valence-electron chi connectivity index (χ1n) is 4.71. The molecule has 15 heavy (non-hydrogen) atoms. The lowest BCUT2D eigenvalue weighted by atomic mass is 10.1. The molecule has 78 valence electrons. The van der Waals surface area contributed by atoms with Gasteiger partial charge in [0.25, 0.3) is 0 Å². The van der Waals surface area contributed by atoms with Crippen LogP contribution in [0.3, 0.4) is 0 Å². The van der Waals surface area contributed by atoms with Crippen molar-refractivity contribution in [1.29, 1.82) is 0 Å². The van der Waals surface area contributed by atoms with Crippen LogP contribution in [0.2, 0.25) is 0 Å². The second kappa shape index (κ2) is 5.81. The van der Waals surface area contributed by atoms with Crippen molar-refractivity contribution in [3.05, 3.63) is 53.6 Å². The summed E-state index contributed by atoms with van der Waals surface area (Å²) in [5, 5.41) is 0. The largest absolute Gasteiger partial charge is 0.496 e. The van der Waals surface area contributed by atoms with Gasteiger partial charge in [-0.15, -0.1) is 0 Å². The van der Waals surface area contributed by atoms with E-state index in [4.69, 9.17) is 4.74 Å². The Morgan fingerprint density at radius 2 is 2.13 bits per heavy atom. The summed E-state index contributed by atoms with van der Waals surface area (Å²) in [5.74, 6) is 0.747. The summed E-state index contributed by atoms with van der Waals surface area (Å²) >= 11 is 0. The van der Waals surface area contributed by atoms with Crippen molar-refractivity contribution in [3.8, 4) is 0 Å². The van der Waals surface area contributed by atoms with Crippen LogP contribution in [0, 0.1) is 6.92 Å². The number of aryl methyl sites for hydroxylation is 1. The molecular weight excluding hydrogens is 188 g/mol. The highest BCUT2D eigenvalue weighted by molar-refractivity contribution is 5.68. The Morgan fingerprint density at radius 3 is 2.73 bits per heavy atom. The maximum Gasteiger partial charge on any atom is 0.142 e. The number of allylic oxidation sites excluding steroid dienone is 3. The third-order valence-corrected chi connectivity index (χ3v) is 1.96. The molecule has 0 aliphatic heterocycles. The van der Waals surface area contributed by atoms with Gasteiger partial charge < -0.3 is 4.74 Å². The van der Waals surface area contributed by atoms with Gasteiger partial charge in [0, 0.05) is 5.56 Å². The van der Waals surface area contributed by atoms with E-state index in [2.05, 4.69) is 0 Å². The molecule has 0 aliphatic rings. The molecule has 0 heterocycles. The van der Waals surface area contributed by atoms with Gasteiger partial charge in [0.05, 0.1) is 7.11 Å². The second-order valence-corrected chi connectivity index (χ2v) is 3.13. The molecule has 0 fully saturated rings. The minimum atomic E-state index is 0.736. The van der Waals surface area contributed by atoms with Gasteiger partial charge in [-0.05, 0) is 25.1 Å². The van der Waals surface area contributed by atoms with Crippen molar-refractivity contribution < 1.29 is 9.53 Å². The molecule has 0 saturated heterocycles. The number of carbonyl (C=O) groups is 1. The van der Waals surface area contributed by atoms with Gasteiger partial charge in [0.2, 0.25) is 0 Å². The standard InChI is InChI=1S/C13H14O2/c1-11-6-5-7-12(10-11)13(15-2)8-3-4-9-14/h3-10H,1-2H3/b4-3+,13-8-. The highest BCUT2D eigenvalue weighted by Crippen LogP contribution is 2.16. The number of hydrogen-bond acceptors (Lipinski definition) is 2. The Balaban J connectivity index is 2.96. The van der Waals surface area contributed by atoms with E-state index in [1.165, 1.54) is 11.6 Å². The van der Waals surface area contributed by atoms with E-state index in [0.29, 0.717) is 0 Å². The molecule has 0 spiro atoms. The van der Waals surface area contributed by atoms with Crippen LogP contribution in [0.1, 0.15) is 11.1 Å². The van der Waals surface area contributed by atoms with Crippen molar-refractivity contribution in [2.75, 3.05) is 7.11 Å². The lowest BCUT2D eigenvalue weighted by molar-refractivity contribution is -0.104. The van der Waals surface area contributed by atoms with Gasteiger partial charge in [-0.25, -0.2) is 0 Å². The van der Waals surface area contributed by atoms with Gasteiger partial charge in [-0.1, -0.05) is 29.8 Å². The summed E-state index contributed by atoms with van der Waals surface area (Å²) in [5.41, 5.74) is 2.18. The van der Waals surface area contributed by atoms with Gasteiger partial charge in [0.1, 0.15) is 12.0 Å². The van der Waals surface area contributed by atoms with Gasteiger partial charge in [-0.3, -0.25) is 4.79 Å². The molecule has 0 atom stereocenters. The van der Waals surface area contributed by atoms with Crippen molar-refractivity contribution in [3.63, 3.8) is 0 Å². The lowest BCUT2D eigenvalue weighted by Gasteiger charge is -2.05. The first-order valence-corrected chi connectivity index (χ1v) is 4.71. The van der Waals surface area contributed by atoms with Crippen LogP contribution in [0.25, 0.3) is 5.76 Å². The molecule has 0 N–H and O–H groups in total. The first kappa shape index (κ1) is 11.2. The van der Waals surface area contributed by atoms with Crippen LogP contribution < -0.4 is 0 Å². The van der Waals surface area contributed by atoms with E-state index in [-0.39, 0.29) is 0 Å². The molecule has 0 radical (unpaired) electrons. The fraction of sp³-hybridized carbons (Fsp3) is 0.154. The topological polar surface area (TPSA) is 26.3 Å². The summed E-state index contributed by atoms with van der Waals surface area (Å²) in [4.78, 5) is 10.1. The molecule has 0 bridgehead atoms. The van der Waals surface area contributed by atoms with E-state index in [1.807, 2.05) is 31.2 Å². The maximum absolute atomic E-state index is 10.1. The zero-order valence-corrected chi connectivity index (χ0v) is 8.94. The summed E-state index contributed by atoms with van der Waals surface area (Å²) in [6, 6.07) is 8.00. The SMILES string of the molecule is CO/C(=C\C=C\C=O)c1cccc(C)c1. The second-order valence-electron chi connectivity index (χ2n) is 3.13. The Morgan fingerprint density at radius 1 is 1.33 bits per heavy atom. The number of ether oxygens (including phenoxy) is 1. The van der Waals surface area contributed by atoms with Crippen LogP contribution in [0.15, 0.2) is 42.5 Å². The van der Waals surface area contributed by atoms with Gasteiger partial charge in [0.15, 0.2) is 0 Å². The molecule has 0 aliphatic carbocycles. The minimum absolute atomic E-state index is 0.736. The van der Waals surface area contributed by atoms with E-state index in [9.17, 15) is 4.79 Å². The molecular formula is C13H14O2. The fourth-order valence-corrected chi connectivity index (χ4v) is 1.27. The van der Waals surface area contributed by atoms with E-state index in [1.54, 1.807) is 19.3 Å². The van der Waals surface area contributed by atoms with Crippen molar-refractivity contribution >= 4 is 12.0 Å². The third kappa shape index (κ3) is 3.43. The normalized spacial score (nSPS) is 11.7. The molecule has 1 rings (SSSR count). The molecule has 0 amide bonds. The highest BCUT2D eigenvalue weighted by Gasteiger charge is 1.99. The molecule has 2 nitrogen and oxygen atoms in total. The maximum atomic E-state index is 10.1. The highest BCUT2D eigenvalue weighted by atomic mass is 16.5. The molecule has 2 heteroatoms. The number of methoxy groups -OCH3 is 1. The van der Waals surface area contributed by atoms with Crippen LogP contribution >= 0.6 is 0 Å². The number of rotatable bonds is 4. The van der Waals surface area contributed by atoms with E-state index >= 15 is 0 Å². The fourth-order valence-electron chi connectivity index (χ4n) is 1.27. The Kier molecular flexibility index (Phi) is 4.35. The Labute approximate surface area is 89.9 Å². The van der Waals surface area contributed by atoms with Crippen LogP contribution in [0.4, 0.5) is 0 Å². The van der Waals surface area contributed by atoms with Crippen molar-refractivity contribution in [1.82, 2.24) is 0 Å². The van der Waals surface area contributed by atoms with Crippen molar-refractivity contribution in [2.24, 2.45) is 0 Å². The van der Waals surface area contributed by atoms with Gasteiger partial charge in [-0.2, -0.15) is 0 Å². The smallest absolute Gasteiger partial charge is 0.142 e. The molecule has 0 aromatic heterocycles. The Hall–Kier alpha value is -1.83. The number of aldehydes is 1. The zero-order valence-electron chi connectivity index (χ0n) is 8.94.